The fourth-order valence-corrected chi connectivity index (χ4v) is 4.99. The molecule has 0 aliphatic carbocycles. The summed E-state index contributed by atoms with van der Waals surface area (Å²) in [5, 5.41) is 0. The van der Waals surface area contributed by atoms with Gasteiger partial charge in [0.15, 0.2) is 0 Å². The number of hydrogen-bond acceptors (Lipinski definition) is 3. The zero-order chi connectivity index (χ0) is 25.4. The number of aliphatic imine (C=N–C) groups is 1. The normalized spacial score (nSPS) is 12.6. The summed E-state index contributed by atoms with van der Waals surface area (Å²) in [5.41, 5.74) is 10.1. The van der Waals surface area contributed by atoms with E-state index in [1.807, 2.05) is 18.6 Å². The van der Waals surface area contributed by atoms with E-state index in [1.54, 1.807) is 0 Å². The van der Waals surface area contributed by atoms with Gasteiger partial charge in [-0.25, -0.2) is 9.98 Å². The Hall–Kier alpha value is -4.50. The van der Waals surface area contributed by atoms with Crippen molar-refractivity contribution < 1.29 is 0 Å². The molecule has 0 radical (unpaired) electrons. The molecule has 0 saturated carbocycles. The standard InChI is InChI=1S/C34H29N3/c1-34(2,3)26-20-21-35-31(22-26)37-23-36-32-27(24-12-6-4-7-13-24)16-10-18-29(32)30-19-11-17-28(33(30)37)25-14-8-5-9-15-25/h4-23H,1-3H3. The summed E-state index contributed by atoms with van der Waals surface area (Å²) >= 11 is 0. The highest BCUT2D eigenvalue weighted by molar-refractivity contribution is 6.08. The quantitative estimate of drug-likeness (QED) is 0.258. The summed E-state index contributed by atoms with van der Waals surface area (Å²) < 4.78 is 0. The lowest BCUT2D eigenvalue weighted by molar-refractivity contribution is 0.589. The number of anilines is 2. The lowest BCUT2D eigenvalue weighted by Crippen LogP contribution is -2.19. The lowest BCUT2D eigenvalue weighted by Gasteiger charge is -2.26. The van der Waals surface area contributed by atoms with Gasteiger partial charge in [-0.1, -0.05) is 118 Å². The number of benzene rings is 4. The van der Waals surface area contributed by atoms with Crippen molar-refractivity contribution in [1.82, 2.24) is 4.98 Å². The van der Waals surface area contributed by atoms with E-state index < -0.39 is 0 Å². The summed E-state index contributed by atoms with van der Waals surface area (Å²) in [7, 11) is 0. The van der Waals surface area contributed by atoms with Crippen molar-refractivity contribution in [2.24, 2.45) is 4.99 Å². The Bertz CT molecular complexity index is 1600. The van der Waals surface area contributed by atoms with Gasteiger partial charge in [0, 0.05) is 28.5 Å². The van der Waals surface area contributed by atoms with E-state index >= 15 is 0 Å². The first-order valence-electron chi connectivity index (χ1n) is 12.7. The van der Waals surface area contributed by atoms with Gasteiger partial charge in [0.1, 0.15) is 12.2 Å². The minimum absolute atomic E-state index is 0.00586. The van der Waals surface area contributed by atoms with Crippen LogP contribution in [0.15, 0.2) is 120 Å². The van der Waals surface area contributed by atoms with Gasteiger partial charge in [-0.2, -0.15) is 0 Å². The van der Waals surface area contributed by atoms with Crippen molar-refractivity contribution in [3.8, 4) is 33.4 Å². The van der Waals surface area contributed by atoms with Gasteiger partial charge in [0.05, 0.1) is 11.4 Å². The van der Waals surface area contributed by atoms with Gasteiger partial charge in [0.25, 0.3) is 0 Å². The Morgan fingerprint density at radius 3 is 1.86 bits per heavy atom. The Balaban J connectivity index is 1.65. The minimum atomic E-state index is 0.00586. The highest BCUT2D eigenvalue weighted by Crippen LogP contribution is 2.48. The molecule has 1 aliphatic rings. The second kappa shape index (κ2) is 9.18. The molecule has 3 nitrogen and oxygen atoms in total. The topological polar surface area (TPSA) is 28.5 Å². The molecule has 0 atom stereocenters. The van der Waals surface area contributed by atoms with Gasteiger partial charge in [-0.05, 0) is 34.2 Å². The van der Waals surface area contributed by atoms with Gasteiger partial charge >= 0.3 is 0 Å². The average molecular weight is 480 g/mol. The molecule has 5 aromatic rings. The minimum Gasteiger partial charge on any atom is -0.284 e. The number of pyridine rings is 1. The van der Waals surface area contributed by atoms with Crippen LogP contribution in [0.25, 0.3) is 33.4 Å². The first kappa shape index (κ1) is 22.9. The molecule has 2 heterocycles. The first-order chi connectivity index (χ1) is 18.0. The van der Waals surface area contributed by atoms with E-state index in [4.69, 9.17) is 9.98 Å². The summed E-state index contributed by atoms with van der Waals surface area (Å²) in [6, 6.07) is 38.3. The third-order valence-electron chi connectivity index (χ3n) is 6.93. The van der Waals surface area contributed by atoms with Crippen LogP contribution in [0.5, 0.6) is 0 Å². The molecule has 180 valence electrons. The number of fused-ring (bicyclic) bond motifs is 3. The fraction of sp³-hybridized carbons (Fsp3) is 0.118. The van der Waals surface area contributed by atoms with E-state index in [0.29, 0.717) is 0 Å². The third-order valence-corrected chi connectivity index (χ3v) is 6.93. The van der Waals surface area contributed by atoms with Gasteiger partial charge in [0.2, 0.25) is 0 Å². The van der Waals surface area contributed by atoms with E-state index in [9.17, 15) is 0 Å². The third kappa shape index (κ3) is 4.23. The molecule has 0 amide bonds. The van der Waals surface area contributed by atoms with Crippen LogP contribution in [0, 0.1) is 0 Å². The van der Waals surface area contributed by atoms with Gasteiger partial charge < -0.3 is 0 Å². The number of aromatic nitrogens is 1. The Kier molecular flexibility index (Phi) is 5.69. The summed E-state index contributed by atoms with van der Waals surface area (Å²) in [5.74, 6) is 0.856. The molecule has 0 N–H and O–H groups in total. The number of rotatable bonds is 3. The predicted molar refractivity (Wildman–Crippen MR) is 156 cm³/mol. The van der Waals surface area contributed by atoms with Crippen molar-refractivity contribution in [3.05, 3.63) is 121 Å². The van der Waals surface area contributed by atoms with Crippen molar-refractivity contribution in [1.29, 1.82) is 0 Å². The average Bonchev–Trinajstić information content (AvgIpc) is 3.11. The van der Waals surface area contributed by atoms with Crippen LogP contribution < -0.4 is 4.90 Å². The van der Waals surface area contributed by atoms with E-state index in [-0.39, 0.29) is 5.41 Å². The molecule has 37 heavy (non-hydrogen) atoms. The van der Waals surface area contributed by atoms with E-state index in [0.717, 1.165) is 50.6 Å². The molecule has 3 heteroatoms. The van der Waals surface area contributed by atoms with Gasteiger partial charge in [-0.3, -0.25) is 4.90 Å². The second-order valence-electron chi connectivity index (χ2n) is 10.4. The maximum atomic E-state index is 5.12. The maximum absolute atomic E-state index is 5.12. The summed E-state index contributed by atoms with van der Waals surface area (Å²) in [6.07, 6.45) is 3.85. The maximum Gasteiger partial charge on any atom is 0.138 e. The van der Waals surface area contributed by atoms with Crippen LogP contribution in [0.3, 0.4) is 0 Å². The van der Waals surface area contributed by atoms with Crippen LogP contribution in [0.2, 0.25) is 0 Å². The lowest BCUT2D eigenvalue weighted by atomic mass is 9.87. The van der Waals surface area contributed by atoms with Gasteiger partial charge in [-0.15, -0.1) is 0 Å². The molecule has 4 aromatic carbocycles. The molecule has 0 fully saturated rings. The molecular formula is C34H29N3. The van der Waals surface area contributed by atoms with Crippen molar-refractivity contribution in [3.63, 3.8) is 0 Å². The molecule has 1 aromatic heterocycles. The van der Waals surface area contributed by atoms with Crippen molar-refractivity contribution in [2.75, 3.05) is 4.90 Å². The molecule has 0 spiro atoms. The van der Waals surface area contributed by atoms with Crippen LogP contribution in [0.4, 0.5) is 17.2 Å². The number of para-hydroxylation sites is 2. The molecule has 0 bridgehead atoms. The Morgan fingerprint density at radius 1 is 0.595 bits per heavy atom. The largest absolute Gasteiger partial charge is 0.284 e. The van der Waals surface area contributed by atoms with E-state index in [1.165, 1.54) is 5.56 Å². The number of nitrogens with zero attached hydrogens (tertiary/aromatic N) is 3. The molecule has 0 saturated heterocycles. The van der Waals surface area contributed by atoms with Crippen LogP contribution in [-0.4, -0.2) is 11.3 Å². The van der Waals surface area contributed by atoms with Crippen molar-refractivity contribution >= 4 is 23.5 Å². The first-order valence-corrected chi connectivity index (χ1v) is 12.7. The summed E-state index contributed by atoms with van der Waals surface area (Å²) in [6.45, 7) is 6.69. The van der Waals surface area contributed by atoms with Crippen molar-refractivity contribution in [2.45, 2.75) is 26.2 Å². The van der Waals surface area contributed by atoms with Crippen LogP contribution in [0.1, 0.15) is 26.3 Å². The smallest absolute Gasteiger partial charge is 0.138 e. The summed E-state index contributed by atoms with van der Waals surface area (Å²) in [4.78, 5) is 12.1. The molecular weight excluding hydrogens is 450 g/mol. The Labute approximate surface area is 218 Å². The fourth-order valence-electron chi connectivity index (χ4n) is 4.99. The zero-order valence-electron chi connectivity index (χ0n) is 21.4. The second-order valence-corrected chi connectivity index (χ2v) is 10.4. The van der Waals surface area contributed by atoms with Crippen LogP contribution in [-0.2, 0) is 5.41 Å². The monoisotopic (exact) mass is 479 g/mol. The molecule has 0 unspecified atom stereocenters. The van der Waals surface area contributed by atoms with Crippen LogP contribution >= 0.6 is 0 Å². The predicted octanol–water partition coefficient (Wildman–Crippen LogP) is 9.19. The number of hydrogen-bond donors (Lipinski definition) is 0. The zero-order valence-corrected chi connectivity index (χ0v) is 21.4. The SMILES string of the molecule is CC(C)(C)c1ccnc(N2C=Nc3c(-c4ccccc4)cccc3-c3cccc(-c4ccccc4)c32)c1. The highest BCUT2D eigenvalue weighted by atomic mass is 15.2. The Morgan fingerprint density at radius 2 is 1.19 bits per heavy atom. The highest BCUT2D eigenvalue weighted by Gasteiger charge is 2.25. The molecule has 1 aliphatic heterocycles. The molecule has 6 rings (SSSR count). The van der Waals surface area contributed by atoms with E-state index in [2.05, 4.69) is 129 Å².